The van der Waals surface area contributed by atoms with Crippen LogP contribution in [0, 0.1) is 0 Å². The Morgan fingerprint density at radius 3 is 1.81 bits per heavy atom. The number of phenols is 1. The van der Waals surface area contributed by atoms with Crippen molar-refractivity contribution in [3.63, 3.8) is 0 Å². The Balaban J connectivity index is 0.000000628. The van der Waals surface area contributed by atoms with Crippen LogP contribution in [0.3, 0.4) is 0 Å². The summed E-state index contributed by atoms with van der Waals surface area (Å²) in [6, 6.07) is 13.2. The van der Waals surface area contributed by atoms with Gasteiger partial charge in [0, 0.05) is 11.1 Å². The molecule has 2 heterocycles. The minimum absolute atomic E-state index is 0.236. The Morgan fingerprint density at radius 2 is 1.35 bits per heavy atom. The standard InChI is InChI=1S/C22H24N2O3.CH3BO2/c1-21(2)12-26-19(23-21)17-10-7-15(14-5-8-16(25)9-6-14)11-18(17)20-24-22(3,4)13-27-20;3-1-2-4/h5-11,25H,12-13H2,1-4H3;3H,1H2. The van der Waals surface area contributed by atoms with Crippen molar-refractivity contribution in [1.29, 1.82) is 0 Å². The maximum atomic E-state index is 9.55. The summed E-state index contributed by atoms with van der Waals surface area (Å²) in [5.41, 5.74) is 3.30. The second-order valence-electron chi connectivity index (χ2n) is 8.69. The topological polar surface area (TPSA) is 101 Å². The number of ether oxygens (including phenoxy) is 2. The molecule has 7 nitrogen and oxygen atoms in total. The van der Waals surface area contributed by atoms with Crippen molar-refractivity contribution in [2.45, 2.75) is 38.8 Å². The van der Waals surface area contributed by atoms with E-state index in [-0.39, 0.29) is 23.3 Å². The molecule has 0 saturated carbocycles. The third kappa shape index (κ3) is 5.58. The molecule has 0 aromatic heterocycles. The van der Waals surface area contributed by atoms with Crippen LogP contribution in [0.5, 0.6) is 5.75 Å². The van der Waals surface area contributed by atoms with Gasteiger partial charge in [-0.3, -0.25) is 0 Å². The van der Waals surface area contributed by atoms with Crippen molar-refractivity contribution in [2.24, 2.45) is 9.98 Å². The van der Waals surface area contributed by atoms with Crippen LogP contribution in [0.15, 0.2) is 52.4 Å². The van der Waals surface area contributed by atoms with E-state index in [1.54, 1.807) is 12.1 Å². The molecule has 0 spiro atoms. The number of aliphatic hydroxyl groups is 1. The average molecular weight is 422 g/mol. The first kappa shape index (κ1) is 22.7. The van der Waals surface area contributed by atoms with Crippen molar-refractivity contribution in [3.05, 3.63) is 53.6 Å². The van der Waals surface area contributed by atoms with E-state index >= 15 is 0 Å². The Hall–Kier alpha value is -3.00. The van der Waals surface area contributed by atoms with Gasteiger partial charge in [0.25, 0.3) is 0 Å². The van der Waals surface area contributed by atoms with Crippen LogP contribution < -0.4 is 0 Å². The number of hydrogen-bond donors (Lipinski definition) is 2. The van der Waals surface area contributed by atoms with Crippen molar-refractivity contribution in [2.75, 3.05) is 19.7 Å². The van der Waals surface area contributed by atoms with Gasteiger partial charge in [-0.25, -0.2) is 9.98 Å². The van der Waals surface area contributed by atoms with Crippen LogP contribution in [0.1, 0.15) is 38.8 Å². The van der Waals surface area contributed by atoms with E-state index in [0.717, 1.165) is 22.3 Å². The zero-order chi connectivity index (χ0) is 22.6. The van der Waals surface area contributed by atoms with Gasteiger partial charge in [0.15, 0.2) is 0 Å². The van der Waals surface area contributed by atoms with E-state index in [2.05, 4.69) is 33.8 Å². The number of phenolic OH excluding ortho intramolecular Hbond substituents is 1. The molecule has 162 valence electrons. The van der Waals surface area contributed by atoms with Gasteiger partial charge < -0.3 is 14.6 Å². The summed E-state index contributed by atoms with van der Waals surface area (Å²) >= 11 is 0. The van der Waals surface area contributed by atoms with Crippen molar-refractivity contribution in [3.8, 4) is 16.9 Å². The van der Waals surface area contributed by atoms with Gasteiger partial charge in [-0.05, 0) is 63.1 Å². The van der Waals surface area contributed by atoms with Crippen LogP contribution in [0.4, 0.5) is 0 Å². The maximum absolute atomic E-state index is 9.55. The molecule has 0 fully saturated rings. The molecule has 0 unspecified atom stereocenters. The number of hydrogen-bond acceptors (Lipinski definition) is 7. The predicted molar refractivity (Wildman–Crippen MR) is 120 cm³/mol. The molecule has 2 aromatic carbocycles. The molecular formula is C23H27BN2O5. The van der Waals surface area contributed by atoms with Gasteiger partial charge in [0.2, 0.25) is 11.8 Å². The molecule has 2 N–H and O–H groups in total. The Labute approximate surface area is 182 Å². The zero-order valence-corrected chi connectivity index (χ0v) is 18.3. The fraction of sp³-hybridized carbons (Fsp3) is 0.391. The van der Waals surface area contributed by atoms with E-state index < -0.39 is 0 Å². The predicted octanol–water partition coefficient (Wildman–Crippen LogP) is 3.16. The van der Waals surface area contributed by atoms with Gasteiger partial charge in [0.1, 0.15) is 19.0 Å². The molecule has 0 saturated heterocycles. The average Bonchev–Trinajstić information content (AvgIpc) is 3.29. The molecule has 0 bridgehead atoms. The molecule has 2 aliphatic heterocycles. The van der Waals surface area contributed by atoms with Crippen LogP contribution >= 0.6 is 0 Å². The SMILES string of the molecule is CC1(C)COC(c2ccc(-c3ccc(O)cc3)cc2C2=NC(C)(C)CO2)=N1.O=BCO. The fourth-order valence-corrected chi connectivity index (χ4v) is 3.19. The van der Waals surface area contributed by atoms with Crippen molar-refractivity contribution >= 4 is 18.9 Å². The molecule has 0 radical (unpaired) electrons. The van der Waals surface area contributed by atoms with Crippen molar-refractivity contribution in [1.82, 2.24) is 0 Å². The number of aromatic hydroxyl groups is 1. The van der Waals surface area contributed by atoms with Gasteiger partial charge >= 0.3 is 23.5 Å². The fourth-order valence-electron chi connectivity index (χ4n) is 3.19. The summed E-state index contributed by atoms with van der Waals surface area (Å²) in [6.45, 7) is 8.95. The molecule has 0 aliphatic carbocycles. The molecular weight excluding hydrogens is 395 g/mol. The van der Waals surface area contributed by atoms with Crippen LogP contribution in [0.2, 0.25) is 0 Å². The van der Waals surface area contributed by atoms with Gasteiger partial charge in [-0.1, -0.05) is 18.2 Å². The first-order valence-electron chi connectivity index (χ1n) is 10.1. The van der Waals surface area contributed by atoms with Gasteiger partial charge in [-0.15, -0.1) is 0 Å². The Bertz CT molecular complexity index is 1010. The number of rotatable bonds is 4. The third-order valence-electron chi connectivity index (χ3n) is 4.69. The second kappa shape index (κ2) is 9.02. The van der Waals surface area contributed by atoms with Crippen LogP contribution in [-0.2, 0) is 14.2 Å². The second-order valence-corrected chi connectivity index (χ2v) is 8.69. The van der Waals surface area contributed by atoms with Crippen LogP contribution in [0.25, 0.3) is 11.1 Å². The number of nitrogens with zero attached hydrogens (tertiary/aromatic N) is 2. The summed E-state index contributed by atoms with van der Waals surface area (Å²) < 4.78 is 20.7. The Morgan fingerprint density at radius 1 is 0.871 bits per heavy atom. The quantitative estimate of drug-likeness (QED) is 0.738. The van der Waals surface area contributed by atoms with E-state index in [9.17, 15) is 5.11 Å². The molecule has 4 rings (SSSR count). The van der Waals surface area contributed by atoms with E-state index in [1.807, 2.05) is 24.3 Å². The van der Waals surface area contributed by atoms with Crippen LogP contribution in [-0.4, -0.2) is 60.0 Å². The number of aliphatic hydroxyl groups excluding tert-OH is 1. The molecule has 0 amide bonds. The summed E-state index contributed by atoms with van der Waals surface area (Å²) in [6.07, 6.45) is 0. The summed E-state index contributed by atoms with van der Waals surface area (Å²) in [5, 5.41) is 17.1. The zero-order valence-electron chi connectivity index (χ0n) is 18.3. The summed E-state index contributed by atoms with van der Waals surface area (Å²) in [7, 11) is 0.431. The monoisotopic (exact) mass is 422 g/mol. The Kier molecular flexibility index (Phi) is 6.60. The minimum atomic E-state index is -0.361. The van der Waals surface area contributed by atoms with Gasteiger partial charge in [-0.2, -0.15) is 0 Å². The van der Waals surface area contributed by atoms with Gasteiger partial charge in [0.05, 0.1) is 11.1 Å². The molecule has 31 heavy (non-hydrogen) atoms. The normalized spacial score (nSPS) is 18.0. The summed E-state index contributed by atoms with van der Waals surface area (Å²) in [5.74, 6) is 1.49. The van der Waals surface area contributed by atoms with E-state index in [4.69, 9.17) is 29.3 Å². The number of benzene rings is 2. The van der Waals surface area contributed by atoms with Crippen molar-refractivity contribution < 1.29 is 24.4 Å². The molecule has 2 aromatic rings. The first-order valence-corrected chi connectivity index (χ1v) is 10.1. The number of aliphatic imine (C=N–C) groups is 2. The van der Waals surface area contributed by atoms with E-state index in [0.29, 0.717) is 32.2 Å². The molecule has 0 atom stereocenters. The molecule has 2 aliphatic rings. The van der Waals surface area contributed by atoms with E-state index in [1.165, 1.54) is 0 Å². The molecule has 8 heteroatoms. The third-order valence-corrected chi connectivity index (χ3v) is 4.69. The summed E-state index contributed by atoms with van der Waals surface area (Å²) in [4.78, 5) is 9.48. The first-order chi connectivity index (χ1) is 14.6.